The van der Waals surface area contributed by atoms with Crippen molar-refractivity contribution in [3.05, 3.63) is 114 Å². The van der Waals surface area contributed by atoms with Crippen molar-refractivity contribution in [2.45, 2.75) is 126 Å². The molecule has 10 rings (SSSR count). The summed E-state index contributed by atoms with van der Waals surface area (Å²) >= 11 is 6.08. The predicted molar refractivity (Wildman–Crippen MR) is 336 cm³/mol. The number of halogens is 8. The number of aromatic nitrogens is 6. The maximum absolute atomic E-state index is 13.5. The normalized spacial score (nSPS) is 20.4. The van der Waals surface area contributed by atoms with Crippen LogP contribution >= 0.6 is 51.0 Å². The van der Waals surface area contributed by atoms with Gasteiger partial charge in [0.05, 0.1) is 45.0 Å². The minimum atomic E-state index is -4.46. The van der Waals surface area contributed by atoms with Crippen molar-refractivity contribution in [3.8, 4) is 34.9 Å². The van der Waals surface area contributed by atoms with Crippen molar-refractivity contribution in [3.63, 3.8) is 0 Å². The van der Waals surface area contributed by atoms with Gasteiger partial charge in [0, 0.05) is 55.9 Å². The molecular weight excluding hydrogens is 1420 g/mol. The molecule has 2 saturated carbocycles. The van der Waals surface area contributed by atoms with Crippen LogP contribution in [0.3, 0.4) is 0 Å². The fourth-order valence-corrected chi connectivity index (χ4v) is 11.1. The van der Waals surface area contributed by atoms with Crippen LogP contribution in [0.2, 0.25) is 5.15 Å². The Morgan fingerprint density at radius 3 is 1.49 bits per heavy atom. The molecule has 0 unspecified atom stereocenters. The van der Waals surface area contributed by atoms with E-state index in [0.29, 0.717) is 0 Å². The van der Waals surface area contributed by atoms with Crippen molar-refractivity contribution in [2.24, 2.45) is 22.7 Å². The second-order valence-corrected chi connectivity index (χ2v) is 25.3. The summed E-state index contributed by atoms with van der Waals surface area (Å²) in [5.41, 5.74) is -6.29. The molecule has 2 aliphatic heterocycles. The van der Waals surface area contributed by atoms with E-state index in [1.807, 2.05) is 9.44 Å². The number of phenolic OH excluding ortho intramolecular Hbond substituents is 2. The number of sulfonamides is 2. The molecule has 0 radical (unpaired) electrons. The van der Waals surface area contributed by atoms with Crippen molar-refractivity contribution < 1.29 is 205 Å². The fourth-order valence-electron chi connectivity index (χ4n) is 8.98. The fraction of sp³-hybridized carbons (Fsp3) is 0.456. The molecule has 2 atom stereocenters. The van der Waals surface area contributed by atoms with E-state index in [1.54, 1.807) is 13.8 Å². The SMILES string of the molecule is Cl.O=C(NS(=O)(=O)c1ccc(O)cc1)c1ccc(-n2ccc(OCCC3(C(F)(F)F)CC3)n2)nc1Cl.O=CO[O-].S.S.[2H]C([2H])([2H])[C@@H]1CN(c2nc(-n3ccc(OCCC4(C(F)(F)F)CC4)n3)ccc2C(=O)NS(=O)(=O)c2ccc(O)cc2)C(C)(C)C1([2H])[2H].[2H]C([2H])([2H])[C@@H]1CNC(C)(C)C1([2H])[2H].[H-].[K+].[K+]. The van der Waals surface area contributed by atoms with Crippen LogP contribution < -0.4 is 137 Å². The first-order valence-corrected chi connectivity index (χ1v) is 30.0. The number of rotatable bonds is 18. The predicted octanol–water partition coefficient (Wildman–Crippen LogP) is 3.28. The molecule has 2 aromatic carbocycles. The van der Waals surface area contributed by atoms with Gasteiger partial charge in [-0.1, -0.05) is 25.3 Å². The van der Waals surface area contributed by atoms with Gasteiger partial charge in [-0.05, 0) is 170 Å². The Morgan fingerprint density at radius 1 is 0.723 bits per heavy atom. The standard InChI is InChI=1S/C28H32F3N5O5S.C21H18ClF3N4O5S.C7H15N.CH2O3.ClH.2K.2H2S.H/c1-18-16-26(2,3)35(17-18)24-21(25(38)34-42(39,40)20-6-4-19(37)5-7-20)8-9-22(32-24)36-14-10-23(33-36)41-15-13-27(11-12-27)28(29,30)31;22-18-15(19(31)28-35(32,33)14-3-1-13(30)2-4-14)5-6-16(26-18)29-11-7-17(27-29)34-12-10-20(8-9-20)21(23,24)25;1-6-4-7(2,3)8-5-6;2-1-4-3;;;;;;/h4-10,14,18,37H,11-13,15-17H2,1-3H3,(H,34,38);1-7,11,30H,8-10,12H2,(H,28,31);6,8H,4-5H2,1-3H3;1,3H;1H;;;2*1H2;/q;;;;;2*+1;;;-1/p-1/t18-;;6-;;;;;;;/m0.0......./s1/i1D3,16D2;;1D3,4D2;;;;;;;. The van der Waals surface area contributed by atoms with Gasteiger partial charge in [-0.15, -0.1) is 22.6 Å². The van der Waals surface area contributed by atoms with Crippen LogP contribution in [0.15, 0.2) is 107 Å². The number of amides is 2. The quantitative estimate of drug-likeness (QED) is 0.0206. The van der Waals surface area contributed by atoms with Gasteiger partial charge in [0.25, 0.3) is 38.3 Å². The minimum absolute atomic E-state index is 0. The second kappa shape index (κ2) is 35.5. The van der Waals surface area contributed by atoms with E-state index >= 15 is 0 Å². The Morgan fingerprint density at radius 2 is 1.14 bits per heavy atom. The maximum Gasteiger partial charge on any atom is 1.00 e. The van der Waals surface area contributed by atoms with Crippen molar-refractivity contribution in [1.29, 1.82) is 0 Å². The largest absolute Gasteiger partial charge is 1.00 e. The topological polar surface area (TPSA) is 311 Å². The van der Waals surface area contributed by atoms with Gasteiger partial charge in [0.2, 0.25) is 11.8 Å². The molecule has 4 aliphatic rings. The van der Waals surface area contributed by atoms with E-state index in [2.05, 4.69) is 30.4 Å². The zero-order valence-corrected chi connectivity index (χ0v) is 62.4. The second-order valence-electron chi connectivity index (χ2n) is 21.6. The number of pyridine rings is 2. The van der Waals surface area contributed by atoms with E-state index in [0.717, 1.165) is 48.5 Å². The number of phenols is 2. The number of hydrogen-bond donors (Lipinski definition) is 5. The third-order valence-corrected chi connectivity index (χ3v) is 17.2. The van der Waals surface area contributed by atoms with Gasteiger partial charge in [-0.3, -0.25) is 14.4 Å². The van der Waals surface area contributed by atoms with Crippen LogP contribution in [-0.2, 0) is 29.7 Å². The molecule has 0 bridgehead atoms. The Balaban J connectivity index is 0.000000836. The van der Waals surface area contributed by atoms with Crippen LogP contribution in [0, 0.1) is 22.7 Å². The molecule has 0 spiro atoms. The van der Waals surface area contributed by atoms with E-state index in [4.69, 9.17) is 44.8 Å². The Bertz CT molecular complexity index is 4160. The monoisotopic (exact) mass is 1500 g/mol. The summed E-state index contributed by atoms with van der Waals surface area (Å²) in [6, 6.07) is 16.9. The third kappa shape index (κ3) is 23.0. The van der Waals surface area contributed by atoms with Crippen molar-refractivity contribution >= 4 is 95.2 Å². The number of nitrogens with one attached hydrogen (secondary N) is 3. The van der Waals surface area contributed by atoms with Crippen LogP contribution in [0.1, 0.15) is 129 Å². The third-order valence-electron chi connectivity index (χ3n) is 14.2. The molecule has 4 fully saturated rings. The molecule has 2 amide bonds. The zero-order valence-electron chi connectivity index (χ0n) is 61.9. The Labute approximate surface area is 665 Å². The van der Waals surface area contributed by atoms with Crippen molar-refractivity contribution in [1.82, 2.24) is 44.3 Å². The number of ether oxygens (including phenoxy) is 2. The number of anilines is 1. The number of aromatic hydroxyl groups is 2. The first-order valence-electron chi connectivity index (χ1n) is 31.7. The first-order chi connectivity index (χ1) is 45.5. The van der Waals surface area contributed by atoms with Crippen LogP contribution in [-0.4, -0.2) is 125 Å². The molecule has 6 heterocycles. The summed E-state index contributed by atoms with van der Waals surface area (Å²) < 4.78 is 225. The molecule has 2 aliphatic carbocycles. The average Bonchev–Trinajstić information content (AvgIpc) is 1.57. The molecule has 23 nitrogen and oxygen atoms in total. The van der Waals surface area contributed by atoms with Gasteiger partial charge in [0.15, 0.2) is 11.6 Å². The molecule has 6 aromatic rings. The number of hydrogen-bond acceptors (Lipinski definition) is 19. The van der Waals surface area contributed by atoms with Gasteiger partial charge in [0.1, 0.15) is 22.5 Å². The van der Waals surface area contributed by atoms with E-state index < -0.39 is 111 Å². The summed E-state index contributed by atoms with van der Waals surface area (Å²) in [6.07, 6.45) is -9.91. The molecule has 37 heteroatoms. The van der Waals surface area contributed by atoms with Gasteiger partial charge >= 0.3 is 115 Å². The summed E-state index contributed by atoms with van der Waals surface area (Å²) in [7, 11) is -8.69. The summed E-state index contributed by atoms with van der Waals surface area (Å²) in [5, 5.41) is 38.1. The maximum atomic E-state index is 13.5. The number of carbonyl (C=O) groups is 3. The molecule has 4 aromatic heterocycles. The summed E-state index contributed by atoms with van der Waals surface area (Å²) in [6.45, 7) is 0.545. The van der Waals surface area contributed by atoms with E-state index in [-0.39, 0.29) is 275 Å². The zero-order chi connectivity index (χ0) is 74.1. The van der Waals surface area contributed by atoms with E-state index in [1.165, 1.54) is 76.9 Å². The van der Waals surface area contributed by atoms with E-state index in [9.17, 15) is 63.0 Å². The molecule has 2 saturated heterocycles. The van der Waals surface area contributed by atoms with Gasteiger partial charge in [-0.2, -0.15) is 53.3 Å². The van der Waals surface area contributed by atoms with Gasteiger partial charge < -0.3 is 41.5 Å². The van der Waals surface area contributed by atoms with Crippen molar-refractivity contribution in [2.75, 3.05) is 31.2 Å². The summed E-state index contributed by atoms with van der Waals surface area (Å²) in [5.74, 6) is -4.89. The molecule has 94 heavy (non-hydrogen) atoms. The summed E-state index contributed by atoms with van der Waals surface area (Å²) in [4.78, 5) is 46.5. The van der Waals surface area contributed by atoms with Gasteiger partial charge in [-0.25, -0.2) is 45.6 Å². The van der Waals surface area contributed by atoms with Crippen LogP contribution in [0.4, 0.5) is 32.2 Å². The number of alkyl halides is 6. The first kappa shape index (κ1) is 70.4. The van der Waals surface area contributed by atoms with Crippen LogP contribution in [0.25, 0.3) is 11.6 Å². The Kier molecular flexibility index (Phi) is 26.6. The number of carbonyl (C=O) groups excluding carboxylic acids is 3. The Hall–Kier alpha value is -3.48. The molecule has 510 valence electrons. The average molecular weight is 1510 g/mol. The number of benzene rings is 2. The smallest absolute Gasteiger partial charge is 1.00 e. The number of nitrogens with zero attached hydrogens (tertiary/aromatic N) is 7. The minimum Gasteiger partial charge on any atom is -1.00 e. The van der Waals surface area contributed by atoms with Crippen LogP contribution in [0.5, 0.6) is 23.3 Å². The molecular formula is C57H72Cl2F6K2N10O13S4. The molecule has 5 N–H and O–H groups in total.